The number of aliphatic carboxylic acids is 1. The van der Waals surface area contributed by atoms with Crippen LogP contribution in [0.1, 0.15) is 18.4 Å². The lowest BCUT2D eigenvalue weighted by Crippen LogP contribution is -2.32. The van der Waals surface area contributed by atoms with Crippen molar-refractivity contribution in [3.8, 4) is 22.8 Å². The number of aryl methyl sites for hydroxylation is 2. The molecule has 0 aliphatic carbocycles. The van der Waals surface area contributed by atoms with Gasteiger partial charge in [-0.15, -0.1) is 5.10 Å². The van der Waals surface area contributed by atoms with E-state index in [1.54, 1.807) is 48.7 Å². The molecule has 11 heteroatoms. The van der Waals surface area contributed by atoms with Crippen LogP contribution in [0.2, 0.25) is 0 Å². The zero-order valence-corrected chi connectivity index (χ0v) is 20.9. The first-order chi connectivity index (χ1) is 18.3. The zero-order chi connectivity index (χ0) is 27.2. The summed E-state index contributed by atoms with van der Waals surface area (Å²) in [6.07, 6.45) is 0.422. The SMILES string of the molecule is COc1ccc2c(=O)n(CC[C@@H](C(=O)O)[C@H](O)CCc3ccc(-c4ccc(OC)nc4)cc3F)nnc2c1. The number of halogens is 1. The molecule has 38 heavy (non-hydrogen) atoms. The molecule has 0 unspecified atom stereocenters. The summed E-state index contributed by atoms with van der Waals surface area (Å²) in [4.78, 5) is 28.7. The Labute approximate surface area is 217 Å². The smallest absolute Gasteiger partial charge is 0.309 e. The second-order valence-electron chi connectivity index (χ2n) is 8.74. The molecule has 0 radical (unpaired) electrons. The van der Waals surface area contributed by atoms with E-state index < -0.39 is 29.4 Å². The predicted molar refractivity (Wildman–Crippen MR) is 137 cm³/mol. The summed E-state index contributed by atoms with van der Waals surface area (Å²) in [6, 6.07) is 12.9. The minimum absolute atomic E-state index is 0.0232. The number of ether oxygens (including phenoxy) is 2. The lowest BCUT2D eigenvalue weighted by atomic mass is 9.93. The fourth-order valence-corrected chi connectivity index (χ4v) is 4.18. The van der Waals surface area contributed by atoms with E-state index in [2.05, 4.69) is 15.3 Å². The van der Waals surface area contributed by atoms with Crippen LogP contribution in [0, 0.1) is 11.7 Å². The summed E-state index contributed by atoms with van der Waals surface area (Å²) in [5, 5.41) is 28.5. The number of benzene rings is 2. The summed E-state index contributed by atoms with van der Waals surface area (Å²) in [5.74, 6) is -1.88. The van der Waals surface area contributed by atoms with Gasteiger partial charge in [0, 0.05) is 30.4 Å². The van der Waals surface area contributed by atoms with Crippen LogP contribution in [0.4, 0.5) is 4.39 Å². The third-order valence-electron chi connectivity index (χ3n) is 6.41. The highest BCUT2D eigenvalue weighted by Crippen LogP contribution is 2.25. The average molecular weight is 523 g/mol. The van der Waals surface area contributed by atoms with E-state index in [0.29, 0.717) is 39.2 Å². The molecule has 2 aromatic carbocycles. The number of carbonyl (C=O) groups is 1. The topological polar surface area (TPSA) is 137 Å². The first kappa shape index (κ1) is 26.7. The Morgan fingerprint density at radius 1 is 1.05 bits per heavy atom. The number of fused-ring (bicyclic) bond motifs is 1. The van der Waals surface area contributed by atoms with E-state index in [1.807, 2.05) is 0 Å². The van der Waals surface area contributed by atoms with Crippen molar-refractivity contribution in [1.29, 1.82) is 0 Å². The number of aromatic nitrogens is 4. The first-order valence-electron chi connectivity index (χ1n) is 11.9. The third-order valence-corrected chi connectivity index (χ3v) is 6.41. The number of pyridine rings is 1. The van der Waals surface area contributed by atoms with Crippen molar-refractivity contribution in [3.05, 3.63) is 76.5 Å². The average Bonchev–Trinajstić information content (AvgIpc) is 2.93. The molecule has 0 saturated carbocycles. The van der Waals surface area contributed by atoms with E-state index in [4.69, 9.17) is 9.47 Å². The van der Waals surface area contributed by atoms with Gasteiger partial charge in [0.2, 0.25) is 5.88 Å². The molecule has 4 aromatic rings. The highest BCUT2D eigenvalue weighted by Gasteiger charge is 2.27. The molecule has 0 fully saturated rings. The van der Waals surface area contributed by atoms with Crippen molar-refractivity contribution < 1.29 is 28.9 Å². The van der Waals surface area contributed by atoms with Gasteiger partial charge >= 0.3 is 5.97 Å². The Kier molecular flexibility index (Phi) is 8.27. The van der Waals surface area contributed by atoms with Crippen LogP contribution < -0.4 is 15.0 Å². The molecule has 10 nitrogen and oxygen atoms in total. The Morgan fingerprint density at radius 2 is 1.84 bits per heavy atom. The molecule has 0 aliphatic rings. The fraction of sp³-hybridized carbons (Fsp3) is 0.296. The number of methoxy groups -OCH3 is 2. The highest BCUT2D eigenvalue weighted by molar-refractivity contribution is 5.78. The Morgan fingerprint density at radius 3 is 2.50 bits per heavy atom. The van der Waals surface area contributed by atoms with Crippen LogP contribution in [-0.4, -0.2) is 56.5 Å². The molecular weight excluding hydrogens is 495 g/mol. The molecule has 2 N–H and O–H groups in total. The minimum atomic E-state index is -1.26. The van der Waals surface area contributed by atoms with Gasteiger partial charge in [-0.3, -0.25) is 9.59 Å². The Balaban J connectivity index is 1.40. The summed E-state index contributed by atoms with van der Waals surface area (Å²) < 4.78 is 26.0. The van der Waals surface area contributed by atoms with Gasteiger partial charge in [-0.1, -0.05) is 17.3 Å². The van der Waals surface area contributed by atoms with E-state index in [-0.39, 0.29) is 25.8 Å². The van der Waals surface area contributed by atoms with Crippen LogP contribution in [0.5, 0.6) is 11.6 Å². The monoisotopic (exact) mass is 522 g/mol. The predicted octanol–water partition coefficient (Wildman–Crippen LogP) is 3.09. The Hall–Kier alpha value is -4.38. The first-order valence-corrected chi connectivity index (χ1v) is 11.9. The highest BCUT2D eigenvalue weighted by atomic mass is 19.1. The van der Waals surface area contributed by atoms with Gasteiger partial charge in [0.1, 0.15) is 17.1 Å². The van der Waals surface area contributed by atoms with Crippen LogP contribution in [0.3, 0.4) is 0 Å². The van der Waals surface area contributed by atoms with Gasteiger partial charge in [-0.05, 0) is 54.7 Å². The zero-order valence-electron chi connectivity index (χ0n) is 20.9. The number of rotatable bonds is 11. The molecule has 198 valence electrons. The maximum absolute atomic E-state index is 14.8. The number of aliphatic hydroxyl groups is 1. The molecule has 4 rings (SSSR count). The van der Waals surface area contributed by atoms with Crippen molar-refractivity contribution in [3.63, 3.8) is 0 Å². The van der Waals surface area contributed by atoms with Gasteiger partial charge in [-0.25, -0.2) is 14.1 Å². The van der Waals surface area contributed by atoms with Gasteiger partial charge in [0.05, 0.1) is 31.6 Å². The van der Waals surface area contributed by atoms with Crippen LogP contribution in [-0.2, 0) is 17.8 Å². The summed E-state index contributed by atoms with van der Waals surface area (Å²) in [6.45, 7) is -0.0548. The molecule has 2 aromatic heterocycles. The molecule has 0 spiro atoms. The normalized spacial score (nSPS) is 12.7. The summed E-state index contributed by atoms with van der Waals surface area (Å²) >= 11 is 0. The van der Waals surface area contributed by atoms with Crippen molar-refractivity contribution >= 4 is 16.9 Å². The largest absolute Gasteiger partial charge is 0.497 e. The van der Waals surface area contributed by atoms with E-state index in [9.17, 15) is 24.2 Å². The maximum atomic E-state index is 14.8. The number of nitrogens with zero attached hydrogens (tertiary/aromatic N) is 4. The quantitative estimate of drug-likeness (QED) is 0.304. The minimum Gasteiger partial charge on any atom is -0.497 e. The lowest BCUT2D eigenvalue weighted by molar-refractivity contribution is -0.146. The number of hydrogen-bond acceptors (Lipinski definition) is 8. The molecule has 0 bridgehead atoms. The Bertz CT molecular complexity index is 1490. The summed E-state index contributed by atoms with van der Waals surface area (Å²) in [7, 11) is 3.01. The lowest BCUT2D eigenvalue weighted by Gasteiger charge is -2.19. The second kappa shape index (κ2) is 11.8. The van der Waals surface area contributed by atoms with Crippen molar-refractivity contribution in [2.45, 2.75) is 31.9 Å². The van der Waals surface area contributed by atoms with E-state index >= 15 is 0 Å². The van der Waals surface area contributed by atoms with Crippen molar-refractivity contribution in [2.24, 2.45) is 5.92 Å². The van der Waals surface area contributed by atoms with E-state index in [1.165, 1.54) is 20.3 Å². The summed E-state index contributed by atoms with van der Waals surface area (Å²) in [5.41, 5.74) is 1.63. The maximum Gasteiger partial charge on any atom is 0.309 e. The van der Waals surface area contributed by atoms with Gasteiger partial charge < -0.3 is 19.7 Å². The molecule has 2 heterocycles. The van der Waals surface area contributed by atoms with Gasteiger partial charge in [-0.2, -0.15) is 0 Å². The van der Waals surface area contributed by atoms with Crippen LogP contribution >= 0.6 is 0 Å². The van der Waals surface area contributed by atoms with Gasteiger partial charge in [0.25, 0.3) is 5.56 Å². The second-order valence-corrected chi connectivity index (χ2v) is 8.74. The molecule has 0 amide bonds. The van der Waals surface area contributed by atoms with E-state index in [0.717, 1.165) is 4.68 Å². The fourth-order valence-electron chi connectivity index (χ4n) is 4.18. The number of carboxylic acids is 1. The number of carboxylic acid groups (broad SMARTS) is 1. The third kappa shape index (κ3) is 5.94. The van der Waals surface area contributed by atoms with Crippen LogP contribution in [0.25, 0.3) is 22.0 Å². The molecule has 2 atom stereocenters. The number of hydrogen-bond donors (Lipinski definition) is 2. The van der Waals surface area contributed by atoms with Crippen molar-refractivity contribution in [1.82, 2.24) is 20.0 Å². The van der Waals surface area contributed by atoms with Crippen molar-refractivity contribution in [2.75, 3.05) is 14.2 Å². The van der Waals surface area contributed by atoms with Crippen LogP contribution in [0.15, 0.2) is 59.5 Å². The molecular formula is C27H27FN4O6. The van der Waals surface area contributed by atoms with Gasteiger partial charge in [0.15, 0.2) is 0 Å². The molecule has 0 aliphatic heterocycles. The molecule has 0 saturated heterocycles. The standard InChI is InChI=1S/C27H27FN4O6/c1-37-19-7-8-20-23(14-19)30-31-32(26(20)34)12-11-21(27(35)36)24(33)9-5-16-3-4-17(13-22(16)28)18-6-10-25(38-2)29-15-18/h3-4,6-8,10,13-15,21,24,33H,5,9,11-12H2,1-2H3,(H,35,36)/t21-,24-/m1/s1. The number of aliphatic hydroxyl groups excluding tert-OH is 1.